The van der Waals surface area contributed by atoms with Crippen molar-refractivity contribution in [1.29, 1.82) is 0 Å². The highest BCUT2D eigenvalue weighted by atomic mass is 16.7. The molecule has 0 saturated carbocycles. The van der Waals surface area contributed by atoms with Crippen LogP contribution in [0.5, 0.6) is 0 Å². The van der Waals surface area contributed by atoms with Crippen LogP contribution in [0, 0.1) is 23.7 Å². The largest absolute Gasteiger partial charge is 0.481 e. The summed E-state index contributed by atoms with van der Waals surface area (Å²) in [6.45, 7) is 9.25. The quantitative estimate of drug-likeness (QED) is 0.337. The lowest BCUT2D eigenvalue weighted by molar-refractivity contribution is -0.143. The van der Waals surface area contributed by atoms with Gasteiger partial charge >= 0.3 is 5.97 Å². The van der Waals surface area contributed by atoms with E-state index in [9.17, 15) is 9.90 Å². The Balaban J connectivity index is 4.63. The standard InChI is InChI=1S/C17H32O4/c1-13(2)8-9-15(7-6-10-21-12-20-5)16(17(18)19)11-14(3)4/h8-9,13-16H,6-7,10-12H2,1-5H3,(H,18,19)/t15-,16-/m1/s1. The number of carbonyl (C=O) groups is 1. The Bertz CT molecular complexity index is 297. The van der Waals surface area contributed by atoms with Gasteiger partial charge in [-0.05, 0) is 37.0 Å². The molecule has 1 N–H and O–H groups in total. The number of rotatable bonds is 12. The van der Waals surface area contributed by atoms with Gasteiger partial charge in [0.15, 0.2) is 0 Å². The van der Waals surface area contributed by atoms with Crippen LogP contribution in [0.4, 0.5) is 0 Å². The first-order valence-corrected chi connectivity index (χ1v) is 7.86. The second-order valence-corrected chi connectivity index (χ2v) is 6.32. The zero-order valence-electron chi connectivity index (χ0n) is 14.2. The summed E-state index contributed by atoms with van der Waals surface area (Å²) in [6.07, 6.45) is 6.58. The van der Waals surface area contributed by atoms with E-state index >= 15 is 0 Å². The summed E-state index contributed by atoms with van der Waals surface area (Å²) in [4.78, 5) is 11.6. The highest BCUT2D eigenvalue weighted by molar-refractivity contribution is 5.70. The van der Waals surface area contributed by atoms with Crippen LogP contribution >= 0.6 is 0 Å². The molecule has 0 aliphatic heterocycles. The Kier molecular flexibility index (Phi) is 11.3. The third-order valence-corrected chi connectivity index (χ3v) is 3.33. The second kappa shape index (κ2) is 11.8. The van der Waals surface area contributed by atoms with Crippen LogP contribution in [0.15, 0.2) is 12.2 Å². The average molecular weight is 300 g/mol. The molecule has 0 unspecified atom stereocenters. The van der Waals surface area contributed by atoms with Crippen molar-refractivity contribution in [1.82, 2.24) is 0 Å². The Morgan fingerprint density at radius 1 is 1.19 bits per heavy atom. The van der Waals surface area contributed by atoms with Gasteiger partial charge in [0.05, 0.1) is 5.92 Å². The molecule has 0 aromatic rings. The Labute approximate surface area is 129 Å². The molecule has 0 spiro atoms. The fraction of sp³-hybridized carbons (Fsp3) is 0.824. The topological polar surface area (TPSA) is 55.8 Å². The fourth-order valence-corrected chi connectivity index (χ4v) is 2.33. The summed E-state index contributed by atoms with van der Waals surface area (Å²) in [6, 6.07) is 0. The molecule has 21 heavy (non-hydrogen) atoms. The lowest BCUT2D eigenvalue weighted by Gasteiger charge is -2.23. The van der Waals surface area contributed by atoms with Crippen LogP contribution < -0.4 is 0 Å². The molecule has 0 saturated heterocycles. The summed E-state index contributed by atoms with van der Waals surface area (Å²) in [5, 5.41) is 9.51. The maximum atomic E-state index is 11.6. The Morgan fingerprint density at radius 2 is 1.86 bits per heavy atom. The lowest BCUT2D eigenvalue weighted by atomic mass is 9.82. The van der Waals surface area contributed by atoms with Crippen LogP contribution in [0.3, 0.4) is 0 Å². The van der Waals surface area contributed by atoms with Crippen molar-refractivity contribution >= 4 is 5.97 Å². The van der Waals surface area contributed by atoms with E-state index in [1.807, 2.05) is 0 Å². The van der Waals surface area contributed by atoms with Crippen LogP contribution in [0.1, 0.15) is 47.0 Å². The summed E-state index contributed by atoms with van der Waals surface area (Å²) in [5.74, 6) is -0.127. The van der Waals surface area contributed by atoms with Crippen molar-refractivity contribution in [3.8, 4) is 0 Å². The first-order valence-electron chi connectivity index (χ1n) is 7.86. The minimum absolute atomic E-state index is 0.0680. The number of allylic oxidation sites excluding steroid dienone is 2. The highest BCUT2D eigenvalue weighted by Gasteiger charge is 2.26. The number of methoxy groups -OCH3 is 1. The van der Waals surface area contributed by atoms with Gasteiger partial charge in [0.1, 0.15) is 6.79 Å². The molecule has 0 aliphatic rings. The highest BCUT2D eigenvalue weighted by Crippen LogP contribution is 2.27. The van der Waals surface area contributed by atoms with Gasteiger partial charge < -0.3 is 14.6 Å². The van der Waals surface area contributed by atoms with Gasteiger partial charge in [-0.2, -0.15) is 0 Å². The first kappa shape index (κ1) is 20.1. The maximum absolute atomic E-state index is 11.6. The van der Waals surface area contributed by atoms with Crippen LogP contribution in [-0.4, -0.2) is 31.6 Å². The second-order valence-electron chi connectivity index (χ2n) is 6.32. The predicted molar refractivity (Wildman–Crippen MR) is 85.1 cm³/mol. The molecule has 4 nitrogen and oxygen atoms in total. The maximum Gasteiger partial charge on any atom is 0.307 e. The number of ether oxygens (including phenoxy) is 2. The molecule has 2 atom stereocenters. The lowest BCUT2D eigenvalue weighted by Crippen LogP contribution is -2.24. The monoisotopic (exact) mass is 300 g/mol. The van der Waals surface area contributed by atoms with E-state index in [-0.39, 0.29) is 11.8 Å². The first-order chi connectivity index (χ1) is 9.88. The van der Waals surface area contributed by atoms with Crippen LogP contribution in [-0.2, 0) is 14.3 Å². The van der Waals surface area contributed by atoms with Crippen molar-refractivity contribution in [2.45, 2.75) is 47.0 Å². The van der Waals surface area contributed by atoms with Crippen molar-refractivity contribution in [3.05, 3.63) is 12.2 Å². The summed E-state index contributed by atoms with van der Waals surface area (Å²) < 4.78 is 10.1. The van der Waals surface area contributed by atoms with E-state index in [0.29, 0.717) is 31.7 Å². The van der Waals surface area contributed by atoms with E-state index in [4.69, 9.17) is 9.47 Å². The van der Waals surface area contributed by atoms with Crippen molar-refractivity contribution < 1.29 is 19.4 Å². The number of hydrogen-bond donors (Lipinski definition) is 1. The minimum atomic E-state index is -0.695. The molecule has 0 radical (unpaired) electrons. The van der Waals surface area contributed by atoms with Gasteiger partial charge in [-0.25, -0.2) is 0 Å². The van der Waals surface area contributed by atoms with Crippen molar-refractivity contribution in [2.75, 3.05) is 20.5 Å². The Hall–Kier alpha value is -0.870. The number of carboxylic acid groups (broad SMARTS) is 1. The zero-order chi connectivity index (χ0) is 16.3. The molecule has 0 aromatic carbocycles. The third-order valence-electron chi connectivity index (χ3n) is 3.33. The number of carboxylic acids is 1. The van der Waals surface area contributed by atoms with Gasteiger partial charge in [0.25, 0.3) is 0 Å². The SMILES string of the molecule is COCOCCC[C@H](C=CC(C)C)[C@@H](CC(C)C)C(=O)O. The number of aliphatic carboxylic acids is 1. The molecule has 0 fully saturated rings. The molecule has 0 bridgehead atoms. The molecular formula is C17H32O4. The molecule has 0 amide bonds. The number of hydrogen-bond acceptors (Lipinski definition) is 3. The smallest absolute Gasteiger partial charge is 0.307 e. The van der Waals surface area contributed by atoms with Gasteiger partial charge in [-0.15, -0.1) is 0 Å². The minimum Gasteiger partial charge on any atom is -0.481 e. The van der Waals surface area contributed by atoms with Crippen LogP contribution in [0.25, 0.3) is 0 Å². The van der Waals surface area contributed by atoms with Crippen molar-refractivity contribution in [3.63, 3.8) is 0 Å². The molecule has 0 aliphatic carbocycles. The van der Waals surface area contributed by atoms with Gasteiger partial charge in [-0.3, -0.25) is 4.79 Å². The molecular weight excluding hydrogens is 268 g/mol. The Morgan fingerprint density at radius 3 is 2.33 bits per heavy atom. The van der Waals surface area contributed by atoms with E-state index < -0.39 is 5.97 Å². The van der Waals surface area contributed by atoms with E-state index in [2.05, 4.69) is 39.8 Å². The van der Waals surface area contributed by atoms with E-state index in [1.165, 1.54) is 0 Å². The predicted octanol–water partition coefficient (Wildman–Crippen LogP) is 3.96. The molecule has 4 heteroatoms. The van der Waals surface area contributed by atoms with Gasteiger partial charge in [0.2, 0.25) is 0 Å². The third kappa shape index (κ3) is 10.5. The summed E-state index contributed by atoms with van der Waals surface area (Å²) in [5.41, 5.74) is 0. The summed E-state index contributed by atoms with van der Waals surface area (Å²) >= 11 is 0. The average Bonchev–Trinajstić information content (AvgIpc) is 2.39. The van der Waals surface area contributed by atoms with E-state index in [1.54, 1.807) is 7.11 Å². The molecule has 124 valence electrons. The van der Waals surface area contributed by atoms with Crippen molar-refractivity contribution in [2.24, 2.45) is 23.7 Å². The fourth-order valence-electron chi connectivity index (χ4n) is 2.33. The summed E-state index contributed by atoms with van der Waals surface area (Å²) in [7, 11) is 1.59. The zero-order valence-corrected chi connectivity index (χ0v) is 14.2. The van der Waals surface area contributed by atoms with Gasteiger partial charge in [0, 0.05) is 13.7 Å². The normalized spacial score (nSPS) is 15.0. The van der Waals surface area contributed by atoms with E-state index in [0.717, 1.165) is 12.8 Å². The molecule has 0 rings (SSSR count). The molecule has 0 aromatic heterocycles. The van der Waals surface area contributed by atoms with Gasteiger partial charge in [-0.1, -0.05) is 39.8 Å². The van der Waals surface area contributed by atoms with Crippen LogP contribution in [0.2, 0.25) is 0 Å². The molecule has 0 heterocycles.